The molecule has 9 aromatic rings. The Labute approximate surface area is 359 Å². The molecule has 0 fully saturated rings. The van der Waals surface area contributed by atoms with Crippen molar-refractivity contribution < 1.29 is 4.42 Å². The molecule has 0 saturated heterocycles. The lowest BCUT2D eigenvalue weighted by Gasteiger charge is -2.28. The van der Waals surface area contributed by atoms with Gasteiger partial charge in [-0.25, -0.2) is 4.99 Å². The monoisotopic (exact) mass is 802 g/mol. The fraction of sp³-hybridized carbons (Fsp3) is 0.105. The van der Waals surface area contributed by atoms with Gasteiger partial charge < -0.3 is 9.32 Å². The molecule has 0 saturated carbocycles. The maximum atomic E-state index is 6.74. The molecule has 4 heteroatoms. The van der Waals surface area contributed by atoms with Crippen molar-refractivity contribution in [1.82, 2.24) is 0 Å². The lowest BCUT2D eigenvalue weighted by Crippen LogP contribution is -2.21. The highest BCUT2D eigenvalue weighted by atomic mass is 32.1. The molecule has 61 heavy (non-hydrogen) atoms. The molecule has 0 atom stereocenters. The maximum absolute atomic E-state index is 6.74. The molecule has 12 rings (SSSR count). The van der Waals surface area contributed by atoms with Crippen LogP contribution in [0.4, 0.5) is 17.1 Å². The van der Waals surface area contributed by atoms with Crippen molar-refractivity contribution in [2.45, 2.75) is 38.5 Å². The molecule has 2 aliphatic carbocycles. The Morgan fingerprint density at radius 1 is 0.574 bits per heavy atom. The van der Waals surface area contributed by atoms with Gasteiger partial charge in [0.1, 0.15) is 11.2 Å². The number of fused-ring (bicyclic) bond motifs is 9. The Balaban J connectivity index is 0.920. The minimum absolute atomic E-state index is 0.0957. The third-order valence-corrected chi connectivity index (χ3v) is 14.3. The molecule has 0 N–H and O–H groups in total. The fourth-order valence-electron chi connectivity index (χ4n) is 10.0. The van der Waals surface area contributed by atoms with E-state index in [2.05, 4.69) is 201 Å². The minimum Gasteiger partial charge on any atom is -0.456 e. The molecule has 3 nitrogen and oxygen atoms in total. The molecule has 0 amide bonds. The van der Waals surface area contributed by atoms with Crippen molar-refractivity contribution in [2.24, 2.45) is 4.99 Å². The first kappa shape index (κ1) is 35.9. The highest BCUT2D eigenvalue weighted by molar-refractivity contribution is 7.17. The molecule has 292 valence electrons. The van der Waals surface area contributed by atoms with Crippen LogP contribution in [0.15, 0.2) is 203 Å². The number of para-hydroxylation sites is 1. The first-order valence-corrected chi connectivity index (χ1v) is 22.1. The Bertz CT molecular complexity index is 3470. The number of anilines is 3. The largest absolute Gasteiger partial charge is 0.456 e. The molecule has 3 heterocycles. The maximum Gasteiger partial charge on any atom is 0.137 e. The highest BCUT2D eigenvalue weighted by Gasteiger charge is 2.36. The summed E-state index contributed by atoms with van der Waals surface area (Å²) in [5.74, 6) is 0. The predicted molar refractivity (Wildman–Crippen MR) is 256 cm³/mol. The second kappa shape index (κ2) is 14.0. The van der Waals surface area contributed by atoms with E-state index in [9.17, 15) is 0 Å². The topological polar surface area (TPSA) is 28.7 Å². The van der Waals surface area contributed by atoms with E-state index in [1.54, 1.807) is 0 Å². The van der Waals surface area contributed by atoms with Crippen LogP contribution >= 0.6 is 11.3 Å². The van der Waals surface area contributed by atoms with Gasteiger partial charge in [0.05, 0.1) is 15.6 Å². The normalized spacial score (nSPS) is 15.4. The van der Waals surface area contributed by atoms with Crippen LogP contribution in [0.2, 0.25) is 0 Å². The van der Waals surface area contributed by atoms with Crippen LogP contribution in [-0.4, -0.2) is 0 Å². The van der Waals surface area contributed by atoms with E-state index < -0.39 is 0 Å². The minimum atomic E-state index is -0.0957. The number of thiophene rings is 1. The summed E-state index contributed by atoms with van der Waals surface area (Å²) >= 11 is 1.86. The van der Waals surface area contributed by atoms with Crippen molar-refractivity contribution in [3.63, 3.8) is 0 Å². The van der Waals surface area contributed by atoms with E-state index in [4.69, 9.17) is 9.41 Å². The van der Waals surface area contributed by atoms with Crippen LogP contribution in [0.3, 0.4) is 0 Å². The summed E-state index contributed by atoms with van der Waals surface area (Å²) in [6.45, 7) is 4.69. The van der Waals surface area contributed by atoms with Gasteiger partial charge in [0.2, 0.25) is 0 Å². The lowest BCUT2D eigenvalue weighted by molar-refractivity contribution is 0.660. The van der Waals surface area contributed by atoms with Crippen molar-refractivity contribution in [3.05, 3.63) is 225 Å². The summed E-state index contributed by atoms with van der Waals surface area (Å²) < 4.78 is 9.30. The third-order valence-electron chi connectivity index (χ3n) is 13.1. The molecule has 7 aromatic carbocycles. The van der Waals surface area contributed by atoms with Crippen LogP contribution in [0.1, 0.15) is 55.4 Å². The number of rotatable bonds is 6. The zero-order chi connectivity index (χ0) is 40.7. The highest BCUT2D eigenvalue weighted by Crippen LogP contribution is 2.51. The average molecular weight is 803 g/mol. The zero-order valence-electron chi connectivity index (χ0n) is 34.2. The van der Waals surface area contributed by atoms with Crippen molar-refractivity contribution in [2.75, 3.05) is 4.90 Å². The van der Waals surface area contributed by atoms with Crippen LogP contribution in [-0.2, 0) is 5.41 Å². The number of nitrogens with zero attached hydrogens (tertiary/aromatic N) is 2. The molecule has 0 spiro atoms. The SMILES string of the molecule is CC1(C)c2ccccc2-c2ccc(N(c3ccccc3)c3ccc4c(c3)oc3cccc(C5=CC=C(C6=CCC(c7ccccc7)=c7sc8ccccc8c7=N6)CC5)c34)cc21. The first-order chi connectivity index (χ1) is 30.0. The number of furan rings is 1. The van der Waals surface area contributed by atoms with E-state index in [-0.39, 0.29) is 5.41 Å². The Hall–Kier alpha value is -7.01. The third kappa shape index (κ3) is 5.81. The number of hydrogen-bond donors (Lipinski definition) is 0. The van der Waals surface area contributed by atoms with Gasteiger partial charge in [-0.05, 0) is 118 Å². The number of hydrogen-bond acceptors (Lipinski definition) is 4. The summed E-state index contributed by atoms with van der Waals surface area (Å²) in [4.78, 5) is 7.80. The van der Waals surface area contributed by atoms with Crippen LogP contribution < -0.4 is 14.8 Å². The van der Waals surface area contributed by atoms with E-state index in [0.717, 1.165) is 63.9 Å². The molecule has 0 radical (unpaired) electrons. The standard InChI is InChI=1S/C57H42N2OS/c1-57(2)48-21-11-9-18-44(48)45-30-28-40(34-49(45)57)59(39-16-7-4-8-17-39)41-29-31-46-52(35-41)60-51-22-13-20-42(54(46)51)37-24-26-38(27-25-37)50-33-32-43(36-14-5-3-6-15-36)56-55(58-50)47-19-10-12-23-53(47)61-56/h3-24,26,28-31,33-35H,25,27,32H2,1-2H3. The summed E-state index contributed by atoms with van der Waals surface area (Å²) in [5.41, 5.74) is 17.9. The number of allylic oxidation sites excluding steroid dienone is 5. The molecule has 3 aliphatic rings. The Morgan fingerprint density at radius 3 is 2.13 bits per heavy atom. The van der Waals surface area contributed by atoms with Gasteiger partial charge in [0.15, 0.2) is 0 Å². The molecule has 2 aromatic heterocycles. The lowest BCUT2D eigenvalue weighted by atomic mass is 9.82. The van der Waals surface area contributed by atoms with Crippen LogP contribution in [0.25, 0.3) is 54.3 Å². The van der Waals surface area contributed by atoms with Gasteiger partial charge in [-0.1, -0.05) is 141 Å². The Morgan fingerprint density at radius 2 is 1.28 bits per heavy atom. The summed E-state index contributed by atoms with van der Waals surface area (Å²) in [6, 6.07) is 59.2. The van der Waals surface area contributed by atoms with Gasteiger partial charge in [0, 0.05) is 49.4 Å². The van der Waals surface area contributed by atoms with E-state index >= 15 is 0 Å². The second-order valence-electron chi connectivity index (χ2n) is 16.9. The van der Waals surface area contributed by atoms with Gasteiger partial charge in [0.25, 0.3) is 0 Å². The van der Waals surface area contributed by atoms with Crippen molar-refractivity contribution in [3.8, 4) is 11.1 Å². The quantitative estimate of drug-likeness (QED) is 0.168. The predicted octanol–water partition coefficient (Wildman–Crippen LogP) is 14.5. The molecule has 1 aliphatic heterocycles. The van der Waals surface area contributed by atoms with Crippen molar-refractivity contribution >= 4 is 71.6 Å². The smallest absolute Gasteiger partial charge is 0.137 e. The summed E-state index contributed by atoms with van der Waals surface area (Å²) in [7, 11) is 0. The molecular formula is C57H42N2OS. The van der Waals surface area contributed by atoms with Gasteiger partial charge in [-0.2, -0.15) is 0 Å². The van der Waals surface area contributed by atoms with E-state index in [1.165, 1.54) is 70.1 Å². The van der Waals surface area contributed by atoms with E-state index in [1.807, 2.05) is 11.3 Å². The summed E-state index contributed by atoms with van der Waals surface area (Å²) in [6.07, 6.45) is 9.67. The van der Waals surface area contributed by atoms with Gasteiger partial charge >= 0.3 is 0 Å². The van der Waals surface area contributed by atoms with Gasteiger partial charge in [-0.3, -0.25) is 0 Å². The zero-order valence-corrected chi connectivity index (χ0v) is 35.0. The fourth-order valence-corrected chi connectivity index (χ4v) is 11.3. The van der Waals surface area contributed by atoms with Crippen LogP contribution in [0.5, 0.6) is 0 Å². The Kier molecular flexibility index (Phi) is 8.26. The molecular weight excluding hydrogens is 761 g/mol. The summed E-state index contributed by atoms with van der Waals surface area (Å²) in [5, 5.41) is 4.63. The van der Waals surface area contributed by atoms with Crippen LogP contribution in [0, 0.1) is 0 Å². The molecule has 0 bridgehead atoms. The first-order valence-electron chi connectivity index (χ1n) is 21.3. The van der Waals surface area contributed by atoms with Crippen molar-refractivity contribution in [1.29, 1.82) is 0 Å². The molecule has 0 unspecified atom stereocenters. The van der Waals surface area contributed by atoms with E-state index in [0.29, 0.717) is 0 Å². The van der Waals surface area contributed by atoms with Gasteiger partial charge in [-0.15, -0.1) is 11.3 Å². The second-order valence-corrected chi connectivity index (χ2v) is 18.0. The average Bonchev–Trinajstić information content (AvgIpc) is 3.89. The number of benzene rings is 7.